The predicted molar refractivity (Wildman–Crippen MR) is 112 cm³/mol. The number of quaternary nitrogens is 1. The molecule has 1 aromatic carbocycles. The molecule has 1 saturated heterocycles. The molecule has 0 atom stereocenters. The highest BCUT2D eigenvalue weighted by atomic mass is 16.5. The van der Waals surface area contributed by atoms with Crippen LogP contribution >= 0.6 is 0 Å². The van der Waals surface area contributed by atoms with Gasteiger partial charge in [-0.1, -0.05) is 30.3 Å². The second-order valence-electron chi connectivity index (χ2n) is 7.42. The average molecular weight is 413 g/mol. The summed E-state index contributed by atoms with van der Waals surface area (Å²) in [5.74, 6) is -0.145. The van der Waals surface area contributed by atoms with Gasteiger partial charge in [0.05, 0.1) is 39.0 Å². The molecule has 3 rings (SSSR count). The summed E-state index contributed by atoms with van der Waals surface area (Å²) >= 11 is 0. The summed E-state index contributed by atoms with van der Waals surface area (Å²) in [6, 6.07) is 10.4. The lowest BCUT2D eigenvalue weighted by Gasteiger charge is -2.33. The normalized spacial score (nSPS) is 14.5. The van der Waals surface area contributed by atoms with Gasteiger partial charge in [0, 0.05) is 44.6 Å². The van der Waals surface area contributed by atoms with Crippen molar-refractivity contribution in [2.75, 3.05) is 53.0 Å². The second-order valence-corrected chi connectivity index (χ2v) is 7.42. The molecule has 0 radical (unpaired) electrons. The zero-order valence-electron chi connectivity index (χ0n) is 17.5. The van der Waals surface area contributed by atoms with Gasteiger partial charge in [0.15, 0.2) is 0 Å². The quantitative estimate of drug-likeness (QED) is 0.621. The van der Waals surface area contributed by atoms with Crippen LogP contribution in [0.1, 0.15) is 22.5 Å². The largest absolute Gasteiger partial charge is 0.383 e. The molecule has 0 unspecified atom stereocenters. The van der Waals surface area contributed by atoms with E-state index in [1.165, 1.54) is 29.1 Å². The van der Waals surface area contributed by atoms with Gasteiger partial charge < -0.3 is 19.4 Å². The lowest BCUT2D eigenvalue weighted by molar-refractivity contribution is -0.917. The Morgan fingerprint density at radius 1 is 1.13 bits per heavy atom. The van der Waals surface area contributed by atoms with Crippen molar-refractivity contribution in [3.63, 3.8) is 0 Å². The number of piperazine rings is 1. The SMILES string of the molecule is COCCN(CCC(=O)N1CC[NH+](Cc2ccccc2)CC1)C(=O)c1cnccn1. The summed E-state index contributed by atoms with van der Waals surface area (Å²) in [7, 11) is 1.59. The van der Waals surface area contributed by atoms with Crippen molar-refractivity contribution >= 4 is 11.8 Å². The standard InChI is InChI=1S/C22H29N5O3/c1-30-16-15-27(22(29)20-17-23-8-9-24-20)10-7-21(28)26-13-11-25(12-14-26)18-19-5-3-2-4-6-19/h2-6,8-9,17H,7,10-16,18H2,1H3/p+1. The van der Waals surface area contributed by atoms with Crippen LogP contribution in [0.15, 0.2) is 48.9 Å². The van der Waals surface area contributed by atoms with Crippen LogP contribution in [0, 0.1) is 0 Å². The first-order valence-electron chi connectivity index (χ1n) is 10.4. The van der Waals surface area contributed by atoms with E-state index in [4.69, 9.17) is 4.74 Å². The minimum atomic E-state index is -0.231. The summed E-state index contributed by atoms with van der Waals surface area (Å²) in [6.45, 7) is 5.51. The molecule has 0 saturated carbocycles. The summed E-state index contributed by atoms with van der Waals surface area (Å²) in [5.41, 5.74) is 1.60. The van der Waals surface area contributed by atoms with Crippen molar-refractivity contribution in [1.29, 1.82) is 0 Å². The smallest absolute Gasteiger partial charge is 0.274 e. The maximum atomic E-state index is 12.7. The molecule has 2 amide bonds. The molecule has 1 aliphatic rings. The highest BCUT2D eigenvalue weighted by molar-refractivity contribution is 5.92. The van der Waals surface area contributed by atoms with Gasteiger partial charge in [-0.2, -0.15) is 0 Å². The summed E-state index contributed by atoms with van der Waals surface area (Å²) in [5, 5.41) is 0. The second kappa shape index (κ2) is 11.4. The number of hydrogen-bond acceptors (Lipinski definition) is 5. The zero-order valence-corrected chi connectivity index (χ0v) is 17.5. The number of carbonyl (C=O) groups is 2. The van der Waals surface area contributed by atoms with Crippen molar-refractivity contribution in [1.82, 2.24) is 19.8 Å². The number of hydrogen-bond donors (Lipinski definition) is 1. The molecule has 1 aliphatic heterocycles. The Labute approximate surface area is 177 Å². The Bertz CT molecular complexity index is 795. The van der Waals surface area contributed by atoms with Crippen LogP contribution in [0.4, 0.5) is 0 Å². The minimum absolute atomic E-state index is 0.0862. The fourth-order valence-electron chi connectivity index (χ4n) is 3.61. The monoisotopic (exact) mass is 412 g/mol. The summed E-state index contributed by atoms with van der Waals surface area (Å²) in [6.07, 6.45) is 4.76. The number of ether oxygens (including phenoxy) is 1. The van der Waals surface area contributed by atoms with Gasteiger partial charge in [-0.05, 0) is 0 Å². The van der Waals surface area contributed by atoms with Gasteiger partial charge >= 0.3 is 0 Å². The van der Waals surface area contributed by atoms with E-state index < -0.39 is 0 Å². The number of carbonyl (C=O) groups excluding carboxylic acids is 2. The van der Waals surface area contributed by atoms with Crippen molar-refractivity contribution in [2.45, 2.75) is 13.0 Å². The van der Waals surface area contributed by atoms with Crippen LogP contribution in [0.5, 0.6) is 0 Å². The molecular weight excluding hydrogens is 382 g/mol. The summed E-state index contributed by atoms with van der Waals surface area (Å²) < 4.78 is 5.11. The van der Waals surface area contributed by atoms with E-state index in [0.717, 1.165) is 32.7 Å². The Morgan fingerprint density at radius 3 is 2.57 bits per heavy atom. The Balaban J connectivity index is 1.47. The first-order valence-corrected chi connectivity index (χ1v) is 10.4. The fourth-order valence-corrected chi connectivity index (χ4v) is 3.61. The summed E-state index contributed by atoms with van der Waals surface area (Å²) in [4.78, 5) is 38.5. The predicted octanol–water partition coefficient (Wildman–Crippen LogP) is -0.117. The topological polar surface area (TPSA) is 80.1 Å². The third kappa shape index (κ3) is 6.33. The molecule has 8 nitrogen and oxygen atoms in total. The first-order chi connectivity index (χ1) is 14.7. The van der Waals surface area contributed by atoms with E-state index >= 15 is 0 Å². The molecule has 1 N–H and O–H groups in total. The lowest BCUT2D eigenvalue weighted by atomic mass is 10.2. The van der Waals surface area contributed by atoms with Crippen LogP contribution < -0.4 is 4.90 Å². The molecule has 0 aliphatic carbocycles. The molecule has 1 fully saturated rings. The third-order valence-corrected chi connectivity index (χ3v) is 5.35. The average Bonchev–Trinajstić information content (AvgIpc) is 2.80. The maximum absolute atomic E-state index is 12.7. The van der Waals surface area contributed by atoms with Gasteiger partial charge in [0.1, 0.15) is 12.2 Å². The van der Waals surface area contributed by atoms with E-state index in [-0.39, 0.29) is 17.5 Å². The molecule has 8 heteroatoms. The van der Waals surface area contributed by atoms with Gasteiger partial charge in [0.25, 0.3) is 5.91 Å². The highest BCUT2D eigenvalue weighted by Gasteiger charge is 2.25. The number of nitrogens with zero attached hydrogens (tertiary/aromatic N) is 4. The van der Waals surface area contributed by atoms with E-state index in [1.54, 1.807) is 12.0 Å². The van der Waals surface area contributed by atoms with Crippen molar-refractivity contribution in [2.24, 2.45) is 0 Å². The van der Waals surface area contributed by atoms with Gasteiger partial charge in [0.2, 0.25) is 5.91 Å². The first kappa shape index (κ1) is 21.9. The maximum Gasteiger partial charge on any atom is 0.274 e. The molecular formula is C22H30N5O3+. The fraction of sp³-hybridized carbons (Fsp3) is 0.455. The van der Waals surface area contributed by atoms with Crippen LogP contribution in [0.3, 0.4) is 0 Å². The zero-order chi connectivity index (χ0) is 21.2. The third-order valence-electron chi connectivity index (χ3n) is 5.35. The van der Waals surface area contributed by atoms with Crippen molar-refractivity contribution < 1.29 is 19.2 Å². The Hall–Kier alpha value is -2.84. The number of methoxy groups -OCH3 is 1. The number of amides is 2. The lowest BCUT2D eigenvalue weighted by Crippen LogP contribution is -3.13. The van der Waals surface area contributed by atoms with Crippen LogP contribution in [0.2, 0.25) is 0 Å². The number of nitrogens with one attached hydrogen (secondary N) is 1. The van der Waals surface area contributed by atoms with Gasteiger partial charge in [-0.3, -0.25) is 14.6 Å². The van der Waals surface area contributed by atoms with Crippen LogP contribution in [-0.4, -0.2) is 84.6 Å². The molecule has 1 aromatic heterocycles. The van der Waals surface area contributed by atoms with E-state index in [2.05, 4.69) is 34.2 Å². The van der Waals surface area contributed by atoms with Gasteiger partial charge in [-0.15, -0.1) is 0 Å². The number of rotatable bonds is 9. The van der Waals surface area contributed by atoms with Crippen molar-refractivity contribution in [3.05, 3.63) is 60.2 Å². The molecule has 160 valence electrons. The molecule has 0 bridgehead atoms. The molecule has 2 heterocycles. The molecule has 30 heavy (non-hydrogen) atoms. The Morgan fingerprint density at radius 2 is 1.90 bits per heavy atom. The van der Waals surface area contributed by atoms with Gasteiger partial charge in [-0.25, -0.2) is 4.98 Å². The molecule has 0 spiro atoms. The van der Waals surface area contributed by atoms with Crippen LogP contribution in [0.25, 0.3) is 0 Å². The van der Waals surface area contributed by atoms with E-state index in [1.807, 2.05) is 11.0 Å². The highest BCUT2D eigenvalue weighted by Crippen LogP contribution is 2.04. The van der Waals surface area contributed by atoms with Crippen LogP contribution in [-0.2, 0) is 16.1 Å². The number of benzene rings is 1. The van der Waals surface area contributed by atoms with Crippen molar-refractivity contribution in [3.8, 4) is 0 Å². The minimum Gasteiger partial charge on any atom is -0.383 e. The van der Waals surface area contributed by atoms with E-state index in [0.29, 0.717) is 26.1 Å². The number of aromatic nitrogens is 2. The molecule has 2 aromatic rings. The van der Waals surface area contributed by atoms with E-state index in [9.17, 15) is 9.59 Å². The Kier molecular flexibility index (Phi) is 8.29.